The van der Waals surface area contributed by atoms with E-state index in [1.165, 1.54) is 5.56 Å². The summed E-state index contributed by atoms with van der Waals surface area (Å²) in [6.07, 6.45) is 0.767. The Morgan fingerprint density at radius 3 is 2.52 bits per heavy atom. The lowest BCUT2D eigenvalue weighted by Gasteiger charge is -2.23. The highest BCUT2D eigenvalue weighted by molar-refractivity contribution is 5.94. The van der Waals surface area contributed by atoms with Gasteiger partial charge in [0.25, 0.3) is 5.91 Å². The molecule has 4 heteroatoms. The van der Waals surface area contributed by atoms with E-state index in [1.54, 1.807) is 24.3 Å². The van der Waals surface area contributed by atoms with Gasteiger partial charge in [0.1, 0.15) is 6.29 Å². The summed E-state index contributed by atoms with van der Waals surface area (Å²) in [6.45, 7) is 6.37. The van der Waals surface area contributed by atoms with E-state index in [2.05, 4.69) is 42.3 Å². The summed E-state index contributed by atoms with van der Waals surface area (Å²) in [5, 5.41) is 2.92. The topological polar surface area (TPSA) is 49.4 Å². The summed E-state index contributed by atoms with van der Waals surface area (Å²) in [6, 6.07) is 15.0. The predicted molar refractivity (Wildman–Crippen MR) is 93.2 cm³/mol. The van der Waals surface area contributed by atoms with E-state index >= 15 is 0 Å². The van der Waals surface area contributed by atoms with E-state index in [-0.39, 0.29) is 5.91 Å². The SMILES string of the molecule is CCN(CCNC(=O)c1ccc(C=O)cc1)c1cccc(C)c1. The van der Waals surface area contributed by atoms with Crippen LogP contribution in [0.5, 0.6) is 0 Å². The van der Waals surface area contributed by atoms with Gasteiger partial charge in [-0.1, -0.05) is 24.3 Å². The van der Waals surface area contributed by atoms with Crippen LogP contribution in [0.4, 0.5) is 5.69 Å². The van der Waals surface area contributed by atoms with Gasteiger partial charge in [0.2, 0.25) is 0 Å². The second-order valence-corrected chi connectivity index (χ2v) is 5.41. The average Bonchev–Trinajstić information content (AvgIpc) is 2.58. The van der Waals surface area contributed by atoms with Crippen molar-refractivity contribution in [1.82, 2.24) is 5.32 Å². The quantitative estimate of drug-likeness (QED) is 0.800. The van der Waals surface area contributed by atoms with Gasteiger partial charge in [-0.15, -0.1) is 0 Å². The molecule has 1 N–H and O–H groups in total. The number of benzene rings is 2. The molecule has 0 unspecified atom stereocenters. The Labute approximate surface area is 137 Å². The number of rotatable bonds is 7. The molecule has 0 aliphatic carbocycles. The highest BCUT2D eigenvalue weighted by Gasteiger charge is 2.07. The Morgan fingerprint density at radius 2 is 1.91 bits per heavy atom. The second kappa shape index (κ2) is 8.13. The first kappa shape index (κ1) is 16.7. The van der Waals surface area contributed by atoms with Gasteiger partial charge in [-0.2, -0.15) is 0 Å². The minimum Gasteiger partial charge on any atom is -0.370 e. The first-order valence-electron chi connectivity index (χ1n) is 7.79. The van der Waals surface area contributed by atoms with Gasteiger partial charge in [-0.05, 0) is 43.7 Å². The third-order valence-corrected chi connectivity index (χ3v) is 3.72. The minimum atomic E-state index is -0.122. The van der Waals surface area contributed by atoms with Gasteiger partial charge in [0, 0.05) is 36.4 Å². The summed E-state index contributed by atoms with van der Waals surface area (Å²) >= 11 is 0. The molecule has 0 aromatic heterocycles. The number of hydrogen-bond acceptors (Lipinski definition) is 3. The average molecular weight is 310 g/mol. The summed E-state index contributed by atoms with van der Waals surface area (Å²) in [7, 11) is 0. The van der Waals surface area contributed by atoms with Crippen molar-refractivity contribution in [2.24, 2.45) is 0 Å². The Hall–Kier alpha value is -2.62. The molecule has 0 radical (unpaired) electrons. The molecule has 0 atom stereocenters. The van der Waals surface area contributed by atoms with E-state index < -0.39 is 0 Å². The van der Waals surface area contributed by atoms with Gasteiger partial charge < -0.3 is 10.2 Å². The van der Waals surface area contributed by atoms with Crippen LogP contribution in [0.3, 0.4) is 0 Å². The molecule has 2 rings (SSSR count). The summed E-state index contributed by atoms with van der Waals surface area (Å²) in [4.78, 5) is 24.9. The lowest BCUT2D eigenvalue weighted by atomic mass is 10.1. The second-order valence-electron chi connectivity index (χ2n) is 5.41. The smallest absolute Gasteiger partial charge is 0.251 e. The number of likely N-dealkylation sites (N-methyl/N-ethyl adjacent to an activating group) is 1. The fraction of sp³-hybridized carbons (Fsp3) is 0.263. The van der Waals surface area contributed by atoms with Gasteiger partial charge >= 0.3 is 0 Å². The molecule has 0 saturated carbocycles. The number of carbonyl (C=O) groups is 2. The predicted octanol–water partition coefficient (Wildman–Crippen LogP) is 3.06. The molecule has 2 aromatic carbocycles. The van der Waals surface area contributed by atoms with Crippen LogP contribution >= 0.6 is 0 Å². The van der Waals surface area contributed by atoms with Gasteiger partial charge in [0.05, 0.1) is 0 Å². The van der Waals surface area contributed by atoms with E-state index in [0.717, 1.165) is 25.1 Å². The third kappa shape index (κ3) is 4.68. The molecule has 0 spiro atoms. The molecule has 2 aromatic rings. The minimum absolute atomic E-state index is 0.122. The molecule has 0 bridgehead atoms. The van der Waals surface area contributed by atoms with Crippen LogP contribution in [0.1, 0.15) is 33.2 Å². The molecule has 1 amide bonds. The van der Waals surface area contributed by atoms with Crippen molar-refractivity contribution in [3.63, 3.8) is 0 Å². The Kier molecular flexibility index (Phi) is 5.92. The molecule has 0 saturated heterocycles. The fourth-order valence-electron chi connectivity index (χ4n) is 2.41. The number of aldehydes is 1. The normalized spacial score (nSPS) is 10.2. The third-order valence-electron chi connectivity index (χ3n) is 3.72. The largest absolute Gasteiger partial charge is 0.370 e. The molecular formula is C19H22N2O2. The zero-order chi connectivity index (χ0) is 16.7. The van der Waals surface area contributed by atoms with Crippen LogP contribution in [-0.4, -0.2) is 31.8 Å². The number of nitrogens with one attached hydrogen (secondary N) is 1. The number of hydrogen-bond donors (Lipinski definition) is 1. The van der Waals surface area contributed by atoms with Gasteiger partial charge in [0.15, 0.2) is 0 Å². The van der Waals surface area contributed by atoms with Crippen molar-refractivity contribution in [2.75, 3.05) is 24.5 Å². The summed E-state index contributed by atoms with van der Waals surface area (Å²) in [5.74, 6) is -0.122. The molecular weight excluding hydrogens is 288 g/mol. The van der Waals surface area contributed by atoms with Gasteiger partial charge in [-0.25, -0.2) is 0 Å². The summed E-state index contributed by atoms with van der Waals surface area (Å²) < 4.78 is 0. The first-order chi connectivity index (χ1) is 11.1. The number of nitrogens with zero attached hydrogens (tertiary/aromatic N) is 1. The highest BCUT2D eigenvalue weighted by Crippen LogP contribution is 2.15. The lowest BCUT2D eigenvalue weighted by Crippen LogP contribution is -2.35. The number of carbonyl (C=O) groups excluding carboxylic acids is 2. The zero-order valence-electron chi connectivity index (χ0n) is 13.6. The Morgan fingerprint density at radius 1 is 1.17 bits per heavy atom. The van der Waals surface area contributed by atoms with Crippen LogP contribution in [0.25, 0.3) is 0 Å². The van der Waals surface area contributed by atoms with Crippen molar-refractivity contribution < 1.29 is 9.59 Å². The van der Waals surface area contributed by atoms with Crippen molar-refractivity contribution >= 4 is 17.9 Å². The molecule has 0 fully saturated rings. The van der Waals surface area contributed by atoms with Crippen molar-refractivity contribution in [3.8, 4) is 0 Å². The highest BCUT2D eigenvalue weighted by atomic mass is 16.1. The molecule has 120 valence electrons. The zero-order valence-corrected chi connectivity index (χ0v) is 13.6. The molecule has 0 heterocycles. The van der Waals surface area contributed by atoms with E-state index in [9.17, 15) is 9.59 Å². The van der Waals surface area contributed by atoms with E-state index in [4.69, 9.17) is 0 Å². The van der Waals surface area contributed by atoms with Crippen LogP contribution in [0.2, 0.25) is 0 Å². The number of anilines is 1. The van der Waals surface area contributed by atoms with Crippen LogP contribution < -0.4 is 10.2 Å². The first-order valence-corrected chi connectivity index (χ1v) is 7.79. The lowest BCUT2D eigenvalue weighted by molar-refractivity contribution is 0.0954. The Balaban J connectivity index is 1.89. The maximum atomic E-state index is 12.1. The van der Waals surface area contributed by atoms with Crippen molar-refractivity contribution in [3.05, 3.63) is 65.2 Å². The standard InChI is InChI=1S/C19H22N2O2/c1-3-21(18-6-4-5-15(2)13-18)12-11-20-19(23)17-9-7-16(14-22)8-10-17/h4-10,13-14H,3,11-12H2,1-2H3,(H,20,23). The van der Waals surface area contributed by atoms with E-state index in [1.807, 2.05) is 6.07 Å². The molecule has 0 aliphatic rings. The van der Waals surface area contributed by atoms with Crippen molar-refractivity contribution in [1.29, 1.82) is 0 Å². The number of aryl methyl sites for hydroxylation is 1. The molecule has 23 heavy (non-hydrogen) atoms. The Bertz CT molecular complexity index is 665. The maximum Gasteiger partial charge on any atom is 0.251 e. The maximum absolute atomic E-state index is 12.1. The van der Waals surface area contributed by atoms with Crippen molar-refractivity contribution in [2.45, 2.75) is 13.8 Å². The van der Waals surface area contributed by atoms with Crippen LogP contribution in [0.15, 0.2) is 48.5 Å². The van der Waals surface area contributed by atoms with Crippen LogP contribution in [-0.2, 0) is 0 Å². The number of amides is 1. The molecule has 4 nitrogen and oxygen atoms in total. The van der Waals surface area contributed by atoms with E-state index in [0.29, 0.717) is 17.7 Å². The summed E-state index contributed by atoms with van der Waals surface area (Å²) in [5.41, 5.74) is 3.52. The van der Waals surface area contributed by atoms with Gasteiger partial charge in [-0.3, -0.25) is 9.59 Å². The molecule has 0 aliphatic heterocycles. The monoisotopic (exact) mass is 310 g/mol. The fourth-order valence-corrected chi connectivity index (χ4v) is 2.41. The van der Waals surface area contributed by atoms with Crippen LogP contribution in [0, 0.1) is 6.92 Å².